The summed E-state index contributed by atoms with van der Waals surface area (Å²) in [7, 11) is 0. The van der Waals surface area contributed by atoms with Gasteiger partial charge in [-0.1, -0.05) is 29.3 Å². The van der Waals surface area contributed by atoms with E-state index < -0.39 is 6.10 Å². The maximum atomic E-state index is 11.7. The maximum Gasteiger partial charge on any atom is 0.244 e. The lowest BCUT2D eigenvalue weighted by atomic mass is 10.1. The second kappa shape index (κ2) is 7.94. The number of halogens is 2. The van der Waals surface area contributed by atoms with Gasteiger partial charge in [0.15, 0.2) is 0 Å². The van der Waals surface area contributed by atoms with Crippen molar-refractivity contribution in [3.05, 3.63) is 70.0 Å². The van der Waals surface area contributed by atoms with Crippen LogP contribution in [0.1, 0.15) is 17.2 Å². The summed E-state index contributed by atoms with van der Waals surface area (Å²) < 4.78 is 0. The second-order valence-corrected chi connectivity index (χ2v) is 5.46. The van der Waals surface area contributed by atoms with Crippen molar-refractivity contribution in [1.82, 2.24) is 10.3 Å². The molecule has 0 spiro atoms. The Kier molecular flexibility index (Phi) is 5.95. The summed E-state index contributed by atoms with van der Waals surface area (Å²) in [6.45, 7) is 0.0624. The molecule has 1 heterocycles. The first-order valence-electron chi connectivity index (χ1n) is 6.54. The Hall–Kier alpha value is -1.88. The molecule has 0 saturated carbocycles. The second-order valence-electron chi connectivity index (χ2n) is 4.58. The predicted octanol–water partition coefficient (Wildman–Crippen LogP) is 3.25. The minimum absolute atomic E-state index is 0.0624. The molecule has 0 radical (unpaired) electrons. The molecule has 114 valence electrons. The lowest BCUT2D eigenvalue weighted by Gasteiger charge is -2.12. The summed E-state index contributed by atoms with van der Waals surface area (Å²) >= 11 is 11.7. The molecule has 0 aliphatic carbocycles. The molecule has 1 aromatic carbocycles. The van der Waals surface area contributed by atoms with Gasteiger partial charge in [0.05, 0.1) is 6.10 Å². The van der Waals surface area contributed by atoms with Gasteiger partial charge in [-0.3, -0.25) is 9.78 Å². The summed E-state index contributed by atoms with van der Waals surface area (Å²) in [5.74, 6) is -0.309. The summed E-state index contributed by atoms with van der Waals surface area (Å²) in [4.78, 5) is 15.6. The zero-order valence-electron chi connectivity index (χ0n) is 11.5. The van der Waals surface area contributed by atoms with Crippen LogP contribution in [0.2, 0.25) is 10.0 Å². The number of amides is 1. The van der Waals surface area contributed by atoms with Gasteiger partial charge >= 0.3 is 0 Å². The predicted molar refractivity (Wildman–Crippen MR) is 87.7 cm³/mol. The van der Waals surface area contributed by atoms with Crippen molar-refractivity contribution in [2.45, 2.75) is 6.10 Å². The number of hydrogen-bond acceptors (Lipinski definition) is 3. The Morgan fingerprint density at radius 3 is 2.68 bits per heavy atom. The summed E-state index contributed by atoms with van der Waals surface area (Å²) in [5.41, 5.74) is 1.37. The smallest absolute Gasteiger partial charge is 0.244 e. The lowest BCUT2D eigenvalue weighted by molar-refractivity contribution is -0.116. The first-order valence-corrected chi connectivity index (χ1v) is 7.30. The Balaban J connectivity index is 1.89. The number of rotatable bonds is 5. The molecule has 6 heteroatoms. The molecule has 0 unspecified atom stereocenters. The highest BCUT2D eigenvalue weighted by atomic mass is 35.5. The van der Waals surface area contributed by atoms with Crippen molar-refractivity contribution >= 4 is 35.2 Å². The molecule has 2 rings (SSSR count). The number of nitrogens with one attached hydrogen (secondary N) is 1. The van der Waals surface area contributed by atoms with Gasteiger partial charge in [-0.25, -0.2) is 0 Å². The Morgan fingerprint density at radius 2 is 2.05 bits per heavy atom. The quantitative estimate of drug-likeness (QED) is 0.824. The fourth-order valence-electron chi connectivity index (χ4n) is 1.79. The number of aromatic nitrogens is 1. The van der Waals surface area contributed by atoms with Crippen LogP contribution in [-0.4, -0.2) is 22.5 Å². The maximum absolute atomic E-state index is 11.7. The number of benzene rings is 1. The van der Waals surface area contributed by atoms with Crippen LogP contribution in [0.4, 0.5) is 0 Å². The van der Waals surface area contributed by atoms with Crippen LogP contribution in [0.3, 0.4) is 0 Å². The number of aliphatic hydroxyl groups is 1. The number of pyridine rings is 1. The van der Waals surface area contributed by atoms with Crippen LogP contribution in [0.5, 0.6) is 0 Å². The largest absolute Gasteiger partial charge is 0.387 e. The summed E-state index contributed by atoms with van der Waals surface area (Å²) in [6, 6.07) is 8.41. The molecule has 0 aliphatic rings. The third-order valence-corrected chi connectivity index (χ3v) is 3.29. The molecule has 0 saturated heterocycles. The average Bonchev–Trinajstić information content (AvgIpc) is 2.50. The molecule has 2 aromatic rings. The van der Waals surface area contributed by atoms with Crippen LogP contribution in [0.15, 0.2) is 48.8 Å². The fourth-order valence-corrected chi connectivity index (χ4v) is 2.33. The van der Waals surface area contributed by atoms with E-state index in [9.17, 15) is 9.90 Å². The van der Waals surface area contributed by atoms with Gasteiger partial charge in [0.25, 0.3) is 0 Å². The number of aliphatic hydroxyl groups excluding tert-OH is 1. The Morgan fingerprint density at radius 1 is 1.32 bits per heavy atom. The first kappa shape index (κ1) is 16.5. The molecular formula is C16H14Cl2N2O2. The number of nitrogens with zero attached hydrogens (tertiary/aromatic N) is 1. The summed E-state index contributed by atoms with van der Waals surface area (Å²) in [5, 5.41) is 13.5. The van der Waals surface area contributed by atoms with Crippen molar-refractivity contribution in [3.63, 3.8) is 0 Å². The molecule has 0 aliphatic heterocycles. The van der Waals surface area contributed by atoms with Crippen molar-refractivity contribution in [2.75, 3.05) is 6.54 Å². The molecule has 0 bridgehead atoms. The van der Waals surface area contributed by atoms with Gasteiger partial charge < -0.3 is 10.4 Å². The highest BCUT2D eigenvalue weighted by Crippen LogP contribution is 2.23. The van der Waals surface area contributed by atoms with Gasteiger partial charge in [0, 0.05) is 35.1 Å². The highest BCUT2D eigenvalue weighted by molar-refractivity contribution is 6.34. The van der Waals surface area contributed by atoms with E-state index in [0.29, 0.717) is 15.6 Å². The molecule has 4 nitrogen and oxygen atoms in total. The normalized spacial score (nSPS) is 12.3. The molecule has 2 N–H and O–H groups in total. The van der Waals surface area contributed by atoms with Crippen molar-refractivity contribution < 1.29 is 9.90 Å². The Bertz CT molecular complexity index is 655. The van der Waals surface area contributed by atoms with E-state index >= 15 is 0 Å². The minimum atomic E-state index is -0.882. The number of hydrogen-bond donors (Lipinski definition) is 2. The van der Waals surface area contributed by atoms with E-state index in [2.05, 4.69) is 10.3 Å². The molecule has 1 amide bonds. The van der Waals surface area contributed by atoms with Gasteiger partial charge in [-0.05, 0) is 41.5 Å². The van der Waals surface area contributed by atoms with Crippen LogP contribution < -0.4 is 5.32 Å². The zero-order chi connectivity index (χ0) is 15.9. The number of carbonyl (C=O) groups excluding carboxylic acids is 1. The lowest BCUT2D eigenvalue weighted by Crippen LogP contribution is -2.26. The van der Waals surface area contributed by atoms with Crippen LogP contribution in [0, 0.1) is 0 Å². The van der Waals surface area contributed by atoms with Gasteiger partial charge in [-0.2, -0.15) is 0 Å². The summed E-state index contributed by atoms with van der Waals surface area (Å²) in [6.07, 6.45) is 5.45. The molecule has 1 aromatic heterocycles. The molecule has 22 heavy (non-hydrogen) atoms. The topological polar surface area (TPSA) is 62.2 Å². The van der Waals surface area contributed by atoms with E-state index in [-0.39, 0.29) is 12.5 Å². The zero-order valence-corrected chi connectivity index (χ0v) is 13.1. The van der Waals surface area contributed by atoms with Crippen LogP contribution in [0.25, 0.3) is 6.08 Å². The average molecular weight is 337 g/mol. The molecule has 0 fully saturated rings. The molecular weight excluding hydrogens is 323 g/mol. The SMILES string of the molecule is O=C(/C=C\c1cccnc1)NC[C@@H](O)c1cc(Cl)cc(Cl)c1. The van der Waals surface area contributed by atoms with E-state index in [1.54, 1.807) is 42.7 Å². The van der Waals surface area contributed by atoms with Crippen molar-refractivity contribution in [3.8, 4) is 0 Å². The van der Waals surface area contributed by atoms with Crippen molar-refractivity contribution in [1.29, 1.82) is 0 Å². The van der Waals surface area contributed by atoms with E-state index in [4.69, 9.17) is 23.2 Å². The van der Waals surface area contributed by atoms with Gasteiger partial charge in [0.2, 0.25) is 5.91 Å². The highest BCUT2D eigenvalue weighted by Gasteiger charge is 2.10. The molecule has 1 atom stereocenters. The first-order chi connectivity index (χ1) is 10.5. The van der Waals surface area contributed by atoms with Gasteiger partial charge in [0.1, 0.15) is 0 Å². The van der Waals surface area contributed by atoms with E-state index in [0.717, 1.165) is 5.56 Å². The standard InChI is InChI=1S/C16H14Cl2N2O2/c17-13-6-12(7-14(18)8-13)15(21)10-20-16(22)4-3-11-2-1-5-19-9-11/h1-9,15,21H,10H2,(H,20,22)/b4-3-/t15-/m1/s1. The monoisotopic (exact) mass is 336 g/mol. The fraction of sp³-hybridized carbons (Fsp3) is 0.125. The third kappa shape index (κ3) is 5.15. The minimum Gasteiger partial charge on any atom is -0.387 e. The third-order valence-electron chi connectivity index (χ3n) is 2.85. The van der Waals surface area contributed by atoms with Crippen molar-refractivity contribution in [2.24, 2.45) is 0 Å². The van der Waals surface area contributed by atoms with Gasteiger partial charge in [-0.15, -0.1) is 0 Å². The van der Waals surface area contributed by atoms with Crippen LogP contribution >= 0.6 is 23.2 Å². The van der Waals surface area contributed by atoms with Crippen LogP contribution in [-0.2, 0) is 4.79 Å². The van der Waals surface area contributed by atoms with E-state index in [1.807, 2.05) is 6.07 Å². The van der Waals surface area contributed by atoms with E-state index in [1.165, 1.54) is 6.08 Å². The number of carbonyl (C=O) groups is 1. The Labute approximate surface area is 138 Å².